The lowest BCUT2D eigenvalue weighted by atomic mass is 10.2. The van der Waals surface area contributed by atoms with Gasteiger partial charge in [-0.2, -0.15) is 5.10 Å². The number of carbonyl (C=O) groups is 1. The molecule has 0 saturated carbocycles. The summed E-state index contributed by atoms with van der Waals surface area (Å²) in [6, 6.07) is 5.26. The maximum Gasteiger partial charge on any atom is 0.248 e. The summed E-state index contributed by atoms with van der Waals surface area (Å²) in [4.78, 5) is 16.2. The van der Waals surface area contributed by atoms with Crippen LogP contribution in [0.5, 0.6) is 0 Å². The van der Waals surface area contributed by atoms with Gasteiger partial charge >= 0.3 is 0 Å². The molecule has 1 amide bonds. The normalized spacial score (nSPS) is 10.9. The fraction of sp³-hybridized carbons (Fsp3) is 0.250. The van der Waals surface area contributed by atoms with Gasteiger partial charge in [-0.15, -0.1) is 5.10 Å². The fourth-order valence-electron chi connectivity index (χ4n) is 2.30. The number of hydrogen-bond acceptors (Lipinski definition) is 4. The summed E-state index contributed by atoms with van der Waals surface area (Å²) in [5, 5.41) is 12.2. The fourth-order valence-corrected chi connectivity index (χ4v) is 3.06. The van der Waals surface area contributed by atoms with Gasteiger partial charge in [-0.3, -0.25) is 14.8 Å². The summed E-state index contributed by atoms with van der Waals surface area (Å²) in [6.07, 6.45) is 3.51. The van der Waals surface area contributed by atoms with E-state index in [9.17, 15) is 4.79 Å². The molecule has 2 heterocycles. The van der Waals surface area contributed by atoms with E-state index in [0.29, 0.717) is 23.1 Å². The summed E-state index contributed by atoms with van der Waals surface area (Å²) in [5.74, 6) is 0.0664. The van der Waals surface area contributed by atoms with E-state index in [2.05, 4.69) is 36.4 Å². The smallest absolute Gasteiger partial charge is 0.248 e. The molecule has 0 fully saturated rings. The van der Waals surface area contributed by atoms with Crippen molar-refractivity contribution in [2.45, 2.75) is 26.4 Å². The second kappa shape index (κ2) is 8.20. The number of anilines is 1. The highest BCUT2D eigenvalue weighted by Gasteiger charge is 2.10. The van der Waals surface area contributed by atoms with E-state index in [4.69, 9.17) is 23.2 Å². The third-order valence-electron chi connectivity index (χ3n) is 3.73. The summed E-state index contributed by atoms with van der Waals surface area (Å²) >= 11 is 15.4. The van der Waals surface area contributed by atoms with E-state index in [1.807, 2.05) is 13.0 Å². The second-order valence-electron chi connectivity index (χ2n) is 5.60. The number of benzene rings is 1. The van der Waals surface area contributed by atoms with Gasteiger partial charge in [0.05, 0.1) is 23.8 Å². The van der Waals surface area contributed by atoms with Crippen molar-refractivity contribution in [1.29, 1.82) is 0 Å². The molecule has 0 saturated heterocycles. The molecule has 0 radical (unpaired) electrons. The van der Waals surface area contributed by atoms with Crippen LogP contribution in [0.1, 0.15) is 17.7 Å². The molecule has 136 valence electrons. The Labute approximate surface area is 168 Å². The number of rotatable bonds is 6. The van der Waals surface area contributed by atoms with Gasteiger partial charge in [0.25, 0.3) is 0 Å². The lowest BCUT2D eigenvalue weighted by Crippen LogP contribution is -2.16. The number of nitrogens with one attached hydrogen (secondary N) is 1. The molecule has 0 atom stereocenters. The van der Waals surface area contributed by atoms with Gasteiger partial charge in [-0.05, 0) is 40.5 Å². The van der Waals surface area contributed by atoms with Crippen LogP contribution in [0, 0.1) is 6.92 Å². The van der Waals surface area contributed by atoms with Gasteiger partial charge in [0, 0.05) is 22.2 Å². The maximum absolute atomic E-state index is 12.1. The summed E-state index contributed by atoms with van der Waals surface area (Å²) < 4.78 is 4.27. The molecular formula is C16H15BrCl2N6O. The molecular weight excluding hydrogens is 443 g/mol. The topological polar surface area (TPSA) is 77.6 Å². The van der Waals surface area contributed by atoms with Gasteiger partial charge in [0.15, 0.2) is 0 Å². The average molecular weight is 458 g/mol. The summed E-state index contributed by atoms with van der Waals surface area (Å²) in [5.41, 5.74) is 1.83. The minimum atomic E-state index is -0.182. The predicted octanol–water partition coefficient (Wildman–Crippen LogP) is 3.93. The van der Waals surface area contributed by atoms with Crippen molar-refractivity contribution in [2.24, 2.45) is 0 Å². The number of aromatic nitrogens is 5. The van der Waals surface area contributed by atoms with Crippen LogP contribution in [0.4, 0.5) is 5.95 Å². The van der Waals surface area contributed by atoms with Crippen molar-refractivity contribution in [3.8, 4) is 0 Å². The zero-order valence-electron chi connectivity index (χ0n) is 13.8. The number of carbonyl (C=O) groups excluding carboxylic acids is 1. The molecule has 0 aliphatic heterocycles. The zero-order valence-corrected chi connectivity index (χ0v) is 16.9. The molecule has 0 aliphatic rings. The van der Waals surface area contributed by atoms with Crippen LogP contribution < -0.4 is 5.32 Å². The molecule has 0 spiro atoms. The first-order valence-corrected chi connectivity index (χ1v) is 9.28. The molecule has 7 nitrogen and oxygen atoms in total. The third kappa shape index (κ3) is 4.63. The lowest BCUT2D eigenvalue weighted by Gasteiger charge is -2.05. The van der Waals surface area contributed by atoms with Crippen LogP contribution in [0.15, 0.2) is 35.2 Å². The number of nitrogens with zero attached hydrogens (tertiary/aromatic N) is 5. The Hall–Kier alpha value is -1.90. The monoisotopic (exact) mass is 456 g/mol. The van der Waals surface area contributed by atoms with Gasteiger partial charge in [0.1, 0.15) is 6.33 Å². The number of aryl methyl sites for hydroxylation is 1. The minimum Gasteiger partial charge on any atom is -0.293 e. The van der Waals surface area contributed by atoms with E-state index in [-0.39, 0.29) is 18.3 Å². The largest absolute Gasteiger partial charge is 0.293 e. The van der Waals surface area contributed by atoms with Crippen LogP contribution in [-0.4, -0.2) is 30.5 Å². The predicted molar refractivity (Wildman–Crippen MR) is 103 cm³/mol. The van der Waals surface area contributed by atoms with Crippen molar-refractivity contribution < 1.29 is 4.79 Å². The first-order chi connectivity index (χ1) is 12.4. The Bertz CT molecular complexity index is 939. The van der Waals surface area contributed by atoms with Gasteiger partial charge in [-0.25, -0.2) is 9.67 Å². The quantitative estimate of drug-likeness (QED) is 0.608. The molecule has 26 heavy (non-hydrogen) atoms. The van der Waals surface area contributed by atoms with Gasteiger partial charge < -0.3 is 0 Å². The molecule has 1 aromatic carbocycles. The van der Waals surface area contributed by atoms with E-state index >= 15 is 0 Å². The first-order valence-electron chi connectivity index (χ1n) is 7.73. The van der Waals surface area contributed by atoms with Crippen LogP contribution >= 0.6 is 39.1 Å². The summed E-state index contributed by atoms with van der Waals surface area (Å²) in [6.45, 7) is 2.84. The van der Waals surface area contributed by atoms with Crippen LogP contribution in [0.2, 0.25) is 10.0 Å². The molecule has 0 unspecified atom stereocenters. The Morgan fingerprint density at radius 1 is 1.35 bits per heavy atom. The molecule has 3 aromatic rings. The number of hydrogen-bond donors (Lipinski definition) is 1. The number of halogens is 3. The second-order valence-corrected chi connectivity index (χ2v) is 7.30. The molecule has 10 heteroatoms. The van der Waals surface area contributed by atoms with Crippen molar-refractivity contribution >= 4 is 51.0 Å². The SMILES string of the molecule is Cc1c(Br)cnn1CCC(=O)Nc1ncn(Cc2ccc(Cl)cc2Cl)n1. The summed E-state index contributed by atoms with van der Waals surface area (Å²) in [7, 11) is 0. The highest BCUT2D eigenvalue weighted by Crippen LogP contribution is 2.21. The molecule has 0 aliphatic carbocycles. The first kappa shape index (κ1) is 18.9. The van der Waals surface area contributed by atoms with Crippen molar-refractivity contribution in [3.05, 3.63) is 56.5 Å². The molecule has 1 N–H and O–H groups in total. The average Bonchev–Trinajstić information content (AvgIpc) is 3.16. The van der Waals surface area contributed by atoms with Crippen LogP contribution in [-0.2, 0) is 17.9 Å². The number of amides is 1. The zero-order chi connectivity index (χ0) is 18.7. The van der Waals surface area contributed by atoms with Crippen molar-refractivity contribution in [3.63, 3.8) is 0 Å². The Balaban J connectivity index is 1.56. The van der Waals surface area contributed by atoms with Crippen molar-refractivity contribution in [1.82, 2.24) is 24.5 Å². The van der Waals surface area contributed by atoms with E-state index in [1.54, 1.807) is 27.7 Å². The molecule has 3 rings (SSSR count). The van der Waals surface area contributed by atoms with E-state index in [1.165, 1.54) is 6.33 Å². The van der Waals surface area contributed by atoms with Crippen molar-refractivity contribution in [2.75, 3.05) is 5.32 Å². The Kier molecular flexibility index (Phi) is 5.95. The molecule has 0 bridgehead atoms. The van der Waals surface area contributed by atoms with E-state index < -0.39 is 0 Å². The highest BCUT2D eigenvalue weighted by atomic mass is 79.9. The standard InChI is InChI=1S/C16H15BrCl2N6O/c1-10-13(17)7-21-25(10)5-4-15(26)22-16-20-9-24(23-16)8-11-2-3-12(18)6-14(11)19/h2-3,6-7,9H,4-5,8H2,1H3,(H,22,23,26). The van der Waals surface area contributed by atoms with E-state index in [0.717, 1.165) is 15.7 Å². The maximum atomic E-state index is 12.1. The van der Waals surface area contributed by atoms with Crippen LogP contribution in [0.25, 0.3) is 0 Å². The Morgan fingerprint density at radius 2 is 2.15 bits per heavy atom. The minimum absolute atomic E-state index is 0.182. The Morgan fingerprint density at radius 3 is 2.85 bits per heavy atom. The van der Waals surface area contributed by atoms with Gasteiger partial charge in [0.2, 0.25) is 11.9 Å². The van der Waals surface area contributed by atoms with Crippen LogP contribution in [0.3, 0.4) is 0 Å². The highest BCUT2D eigenvalue weighted by molar-refractivity contribution is 9.10. The van der Waals surface area contributed by atoms with Gasteiger partial charge in [-0.1, -0.05) is 29.3 Å². The molecule has 2 aromatic heterocycles. The lowest BCUT2D eigenvalue weighted by molar-refractivity contribution is -0.116. The third-order valence-corrected chi connectivity index (χ3v) is 5.09.